The first-order valence-corrected chi connectivity index (χ1v) is 25.9. The molecule has 6 aromatic rings. The van der Waals surface area contributed by atoms with E-state index < -0.39 is 5.54 Å². The summed E-state index contributed by atoms with van der Waals surface area (Å²) in [4.78, 5) is 0. The van der Waals surface area contributed by atoms with E-state index in [0.717, 1.165) is 51.4 Å². The molecule has 0 saturated heterocycles. The zero-order chi connectivity index (χ0) is 48.0. The van der Waals surface area contributed by atoms with Crippen LogP contribution in [0.4, 0.5) is 0 Å². The van der Waals surface area contributed by atoms with Crippen LogP contribution in [-0.4, -0.2) is 6.54 Å². The Morgan fingerprint density at radius 3 is 0.667 bits per heavy atom. The van der Waals surface area contributed by atoms with Gasteiger partial charge in [-0.3, -0.25) is 0 Å². The lowest BCUT2D eigenvalue weighted by Gasteiger charge is -2.41. The Balaban J connectivity index is 1.80. The van der Waals surface area contributed by atoms with Crippen LogP contribution in [0.15, 0.2) is 97.1 Å². The van der Waals surface area contributed by atoms with E-state index in [1.807, 2.05) is 0 Å². The second kappa shape index (κ2) is 21.9. The van der Waals surface area contributed by atoms with Gasteiger partial charge in [-0.15, -0.1) is 0 Å². The molecule has 350 valence electrons. The summed E-state index contributed by atoms with van der Waals surface area (Å²) in [6.45, 7) is 32.7. The number of hydrogen-bond acceptors (Lipinski definition) is 2. The molecule has 0 bridgehead atoms. The van der Waals surface area contributed by atoms with Crippen LogP contribution in [0.2, 0.25) is 0 Å². The van der Waals surface area contributed by atoms with E-state index in [1.54, 1.807) is 0 Å². The monoisotopic (exact) mass is 881 g/mol. The maximum atomic E-state index is 8.63. The van der Waals surface area contributed by atoms with Gasteiger partial charge in [0, 0.05) is 30.2 Å². The molecule has 4 atom stereocenters. The summed E-state index contributed by atoms with van der Waals surface area (Å²) >= 11 is 0. The highest BCUT2D eigenvalue weighted by molar-refractivity contribution is 5.62. The van der Waals surface area contributed by atoms with Crippen molar-refractivity contribution in [2.24, 2.45) is 11.5 Å². The molecular weight excluding hydrogens is 797 g/mol. The third-order valence-electron chi connectivity index (χ3n) is 15.3. The van der Waals surface area contributed by atoms with Gasteiger partial charge in [-0.25, -0.2) is 0 Å². The van der Waals surface area contributed by atoms with Gasteiger partial charge < -0.3 is 11.5 Å². The fraction of sp³-hybridized carbons (Fsp3) is 0.438. The average Bonchev–Trinajstić information content (AvgIpc) is 3.35. The zero-order valence-electron chi connectivity index (χ0n) is 43.6. The van der Waals surface area contributed by atoms with Crippen molar-refractivity contribution in [3.05, 3.63) is 208 Å². The number of aryl methyl sites for hydroxylation is 10. The van der Waals surface area contributed by atoms with Crippen LogP contribution in [0.3, 0.4) is 0 Å². The van der Waals surface area contributed by atoms with Crippen molar-refractivity contribution in [2.75, 3.05) is 6.54 Å². The van der Waals surface area contributed by atoms with Gasteiger partial charge in [-0.2, -0.15) is 0 Å². The summed E-state index contributed by atoms with van der Waals surface area (Å²) in [6.07, 6.45) is 7.98. The number of nitrogens with two attached hydrogens (primary N) is 2. The summed E-state index contributed by atoms with van der Waals surface area (Å²) in [7, 11) is 0. The number of rotatable bonds is 19. The van der Waals surface area contributed by atoms with Crippen molar-refractivity contribution in [2.45, 2.75) is 178 Å². The quantitative estimate of drug-likeness (QED) is 0.0852. The molecule has 0 amide bonds. The van der Waals surface area contributed by atoms with Gasteiger partial charge in [0.2, 0.25) is 0 Å². The smallest absolute Gasteiger partial charge is 0.0801 e. The van der Waals surface area contributed by atoms with Crippen LogP contribution in [0.1, 0.15) is 218 Å². The molecule has 0 fully saturated rings. The molecule has 66 heavy (non-hydrogen) atoms. The summed E-state index contributed by atoms with van der Waals surface area (Å²) in [5, 5.41) is 0. The van der Waals surface area contributed by atoms with Gasteiger partial charge in [0.05, 0.1) is 5.54 Å². The molecule has 0 unspecified atom stereocenters. The lowest BCUT2D eigenvalue weighted by atomic mass is 9.66. The Kier molecular flexibility index (Phi) is 16.8. The topological polar surface area (TPSA) is 52.0 Å². The SMILES string of the molecule is CCc1cc(CC)cc([C@@H](C)c2cc(C)cc([C@H](C)c3cc(CC)cc(CC)c3)c2C(N)(CN)c2c([C@H](C)c3cc(CC)cc(CC)c3)cc(C)cc2[C@H](C)c2cc(CC)cc(CC)c2)c1. The molecule has 0 aliphatic rings. The zero-order valence-corrected chi connectivity index (χ0v) is 43.6. The molecule has 0 radical (unpaired) electrons. The molecule has 6 rings (SSSR count). The van der Waals surface area contributed by atoms with Crippen LogP contribution in [0, 0.1) is 13.8 Å². The van der Waals surface area contributed by atoms with Crippen LogP contribution in [-0.2, 0) is 56.9 Å². The molecule has 0 spiro atoms. The van der Waals surface area contributed by atoms with Gasteiger partial charge in [0.25, 0.3) is 0 Å². The lowest BCUT2D eigenvalue weighted by Crippen LogP contribution is -2.48. The molecule has 4 N–H and O–H groups in total. The van der Waals surface area contributed by atoms with Crippen molar-refractivity contribution < 1.29 is 0 Å². The van der Waals surface area contributed by atoms with Gasteiger partial charge >= 0.3 is 0 Å². The summed E-state index contributed by atoms with van der Waals surface area (Å²) < 4.78 is 0. The Hall–Kier alpha value is -4.76. The molecule has 0 aliphatic heterocycles. The molecule has 2 nitrogen and oxygen atoms in total. The van der Waals surface area contributed by atoms with Crippen molar-refractivity contribution in [3.8, 4) is 0 Å². The van der Waals surface area contributed by atoms with Crippen molar-refractivity contribution >= 4 is 0 Å². The second-order valence-electron chi connectivity index (χ2n) is 19.9. The van der Waals surface area contributed by atoms with E-state index in [9.17, 15) is 0 Å². The van der Waals surface area contributed by atoms with E-state index in [2.05, 4.69) is 194 Å². The first-order valence-electron chi connectivity index (χ1n) is 25.9. The van der Waals surface area contributed by atoms with E-state index in [0.29, 0.717) is 0 Å². The van der Waals surface area contributed by atoms with E-state index in [4.69, 9.17) is 11.5 Å². The van der Waals surface area contributed by atoms with Crippen LogP contribution < -0.4 is 11.5 Å². The van der Waals surface area contributed by atoms with Crippen LogP contribution in [0.25, 0.3) is 0 Å². The first-order chi connectivity index (χ1) is 31.6. The van der Waals surface area contributed by atoms with E-state index in [-0.39, 0.29) is 30.2 Å². The highest BCUT2D eigenvalue weighted by Gasteiger charge is 2.41. The molecule has 2 heteroatoms. The second-order valence-corrected chi connectivity index (χ2v) is 19.9. The molecule has 0 aliphatic carbocycles. The Bertz CT molecular complexity index is 2190. The first kappa shape index (κ1) is 50.6. The maximum Gasteiger partial charge on any atom is 0.0801 e. The van der Waals surface area contributed by atoms with Gasteiger partial charge in [0.1, 0.15) is 0 Å². The minimum Gasteiger partial charge on any atom is -0.328 e. The molecular formula is C64H84N2. The predicted molar refractivity (Wildman–Crippen MR) is 287 cm³/mol. The predicted octanol–water partition coefficient (Wildman–Crippen LogP) is 15.6. The average molecular weight is 881 g/mol. The normalized spacial score (nSPS) is 13.8. The summed E-state index contributed by atoms with van der Waals surface area (Å²) in [6, 6.07) is 39.0. The third kappa shape index (κ3) is 10.5. The fourth-order valence-electron chi connectivity index (χ4n) is 10.9. The van der Waals surface area contributed by atoms with Crippen molar-refractivity contribution in [3.63, 3.8) is 0 Å². The van der Waals surface area contributed by atoms with Crippen LogP contribution >= 0.6 is 0 Å². The minimum atomic E-state index is -1.06. The molecule has 0 heterocycles. The van der Waals surface area contributed by atoms with E-state index in [1.165, 1.54) is 111 Å². The van der Waals surface area contributed by atoms with Crippen molar-refractivity contribution in [1.82, 2.24) is 0 Å². The number of hydrogen-bond donors (Lipinski definition) is 2. The van der Waals surface area contributed by atoms with E-state index >= 15 is 0 Å². The maximum absolute atomic E-state index is 8.63. The molecule has 6 aromatic carbocycles. The van der Waals surface area contributed by atoms with Gasteiger partial charge in [0.15, 0.2) is 0 Å². The third-order valence-corrected chi connectivity index (χ3v) is 15.3. The minimum absolute atomic E-state index is 0.0687. The highest BCUT2D eigenvalue weighted by Crippen LogP contribution is 2.48. The van der Waals surface area contributed by atoms with Gasteiger partial charge in [-0.1, -0.05) is 191 Å². The largest absolute Gasteiger partial charge is 0.328 e. The summed E-state index contributed by atoms with van der Waals surface area (Å²) in [5.41, 5.74) is 41.5. The Morgan fingerprint density at radius 1 is 0.333 bits per heavy atom. The highest BCUT2D eigenvalue weighted by atomic mass is 14.8. The number of benzene rings is 6. The lowest BCUT2D eigenvalue weighted by molar-refractivity contribution is 0.519. The molecule has 0 saturated carbocycles. The Labute approximate surface area is 402 Å². The molecule has 0 aromatic heterocycles. The summed E-state index contributed by atoms with van der Waals surface area (Å²) in [5.74, 6) is 0.275. The standard InChI is InChI=1S/C64H84N2/c1-15-46-27-47(16-2)32-54(31-46)42(11)58-23-40(9)24-59(43(12)55-33-48(17-3)28-49(18-4)34-55)62(58)64(66,39-65)63-60(44(13)56-35-50(19-5)29-51(20-6)36-56)25-41(10)26-61(63)45(14)57-37-52(21-7)30-53(22-8)38-57/h23-38,42-45H,15-22,39,65-66H2,1-14H3/t42-,43-,44-,45-/m1/s1. The Morgan fingerprint density at radius 2 is 0.515 bits per heavy atom. The fourth-order valence-corrected chi connectivity index (χ4v) is 10.9. The van der Waals surface area contributed by atoms with Gasteiger partial charge in [-0.05, 0) is 165 Å². The van der Waals surface area contributed by atoms with Crippen molar-refractivity contribution in [1.29, 1.82) is 0 Å². The van der Waals surface area contributed by atoms with Crippen LogP contribution in [0.5, 0.6) is 0 Å².